The van der Waals surface area contributed by atoms with E-state index >= 15 is 0 Å². The highest BCUT2D eigenvalue weighted by Crippen LogP contribution is 2.17. The van der Waals surface area contributed by atoms with Gasteiger partial charge in [-0.2, -0.15) is 0 Å². The summed E-state index contributed by atoms with van der Waals surface area (Å²) in [5, 5.41) is 23.8. The zero-order valence-electron chi connectivity index (χ0n) is 16.5. The number of sulfonamides is 1. The van der Waals surface area contributed by atoms with E-state index in [2.05, 4.69) is 10.0 Å². The predicted molar refractivity (Wildman–Crippen MR) is 111 cm³/mol. The number of nitrogens with one attached hydrogen (secondary N) is 2. The van der Waals surface area contributed by atoms with Crippen molar-refractivity contribution in [2.24, 2.45) is 5.92 Å². The lowest BCUT2D eigenvalue weighted by atomic mass is 9.93. The van der Waals surface area contributed by atoms with E-state index in [-0.39, 0.29) is 29.5 Å². The number of nitro groups is 1. The summed E-state index contributed by atoms with van der Waals surface area (Å²) in [6, 6.07) is 13.8. The molecule has 2 atom stereocenters. The second kappa shape index (κ2) is 10.8. The van der Waals surface area contributed by atoms with Crippen LogP contribution in [0.5, 0.6) is 0 Å². The Morgan fingerprint density at radius 2 is 1.77 bits per heavy atom. The van der Waals surface area contributed by atoms with Gasteiger partial charge in [-0.1, -0.05) is 30.3 Å². The summed E-state index contributed by atoms with van der Waals surface area (Å²) in [5.74, 6) is -0.732. The van der Waals surface area contributed by atoms with Crippen LogP contribution in [0.1, 0.15) is 18.9 Å². The number of nitrogens with zero attached hydrogens (tertiary/aromatic N) is 1. The maximum atomic E-state index is 12.4. The minimum Gasteiger partial charge on any atom is -0.392 e. The number of aliphatic hydroxyl groups excluding tert-OH is 1. The molecular weight excluding hydrogens is 410 g/mol. The van der Waals surface area contributed by atoms with Gasteiger partial charge in [0.15, 0.2) is 0 Å². The summed E-state index contributed by atoms with van der Waals surface area (Å²) < 4.78 is 27.0. The molecule has 0 spiro atoms. The summed E-state index contributed by atoms with van der Waals surface area (Å²) in [5.41, 5.74) is 0.715. The van der Waals surface area contributed by atoms with E-state index in [1.807, 2.05) is 30.3 Å². The van der Waals surface area contributed by atoms with Crippen LogP contribution in [0, 0.1) is 16.0 Å². The molecular formula is C20H25N3O6S. The number of hydrogen-bond donors (Lipinski definition) is 3. The predicted octanol–water partition coefficient (Wildman–Crippen LogP) is 1.62. The van der Waals surface area contributed by atoms with Gasteiger partial charge in [0.1, 0.15) is 0 Å². The summed E-state index contributed by atoms with van der Waals surface area (Å²) in [6.45, 7) is 1.96. The maximum Gasteiger partial charge on any atom is 0.269 e. The smallest absolute Gasteiger partial charge is 0.269 e. The van der Waals surface area contributed by atoms with Crippen molar-refractivity contribution in [1.82, 2.24) is 10.0 Å². The normalized spacial score (nSPS) is 13.4. The van der Waals surface area contributed by atoms with E-state index in [4.69, 9.17) is 0 Å². The molecule has 0 bridgehead atoms. The summed E-state index contributed by atoms with van der Waals surface area (Å²) in [7, 11) is -3.96. The Labute approximate surface area is 175 Å². The van der Waals surface area contributed by atoms with Crippen molar-refractivity contribution in [3.8, 4) is 0 Å². The zero-order valence-corrected chi connectivity index (χ0v) is 17.3. The van der Waals surface area contributed by atoms with Crippen molar-refractivity contribution < 1.29 is 23.2 Å². The van der Waals surface area contributed by atoms with Crippen LogP contribution < -0.4 is 10.0 Å². The van der Waals surface area contributed by atoms with Crippen molar-refractivity contribution in [3.05, 3.63) is 70.3 Å². The van der Waals surface area contributed by atoms with Crippen LogP contribution in [0.15, 0.2) is 59.5 Å². The van der Waals surface area contributed by atoms with Crippen molar-refractivity contribution in [3.63, 3.8) is 0 Å². The minimum atomic E-state index is -3.96. The van der Waals surface area contributed by atoms with Crippen LogP contribution in [0.4, 0.5) is 5.69 Å². The lowest BCUT2D eigenvalue weighted by Gasteiger charge is -2.20. The van der Waals surface area contributed by atoms with E-state index in [1.165, 1.54) is 0 Å². The fourth-order valence-electron chi connectivity index (χ4n) is 2.95. The van der Waals surface area contributed by atoms with Gasteiger partial charge < -0.3 is 10.4 Å². The van der Waals surface area contributed by atoms with Crippen LogP contribution in [0.2, 0.25) is 0 Å². The Morgan fingerprint density at radius 3 is 2.33 bits per heavy atom. The number of amides is 1. The Hall–Kier alpha value is -2.82. The Kier molecular flexibility index (Phi) is 8.46. The van der Waals surface area contributed by atoms with Gasteiger partial charge in [-0.25, -0.2) is 13.1 Å². The van der Waals surface area contributed by atoms with Gasteiger partial charge in [-0.3, -0.25) is 14.9 Å². The molecule has 2 rings (SSSR count). The van der Waals surface area contributed by atoms with Crippen molar-refractivity contribution in [2.45, 2.75) is 30.8 Å². The molecule has 9 nitrogen and oxygen atoms in total. The van der Waals surface area contributed by atoms with Gasteiger partial charge in [0.05, 0.1) is 15.9 Å². The lowest BCUT2D eigenvalue weighted by molar-refractivity contribution is -0.384. The minimum absolute atomic E-state index is 0.0729. The SMILES string of the molecule is CCNC(=O)[C@@H](Cc1ccccc1)C[C@H](O)CNS(=O)(=O)c1ccc([N+](=O)[O-])cc1. The molecule has 0 aliphatic rings. The maximum absolute atomic E-state index is 12.4. The highest BCUT2D eigenvalue weighted by atomic mass is 32.2. The van der Waals surface area contributed by atoms with Gasteiger partial charge >= 0.3 is 0 Å². The first-order chi connectivity index (χ1) is 14.2. The first-order valence-electron chi connectivity index (χ1n) is 9.46. The first kappa shape index (κ1) is 23.5. The number of aliphatic hydroxyl groups is 1. The molecule has 0 saturated carbocycles. The molecule has 3 N–H and O–H groups in total. The fourth-order valence-corrected chi connectivity index (χ4v) is 4.02. The molecule has 0 heterocycles. The van der Waals surface area contributed by atoms with Gasteiger partial charge in [0.25, 0.3) is 5.69 Å². The van der Waals surface area contributed by atoms with Crippen LogP contribution in [0.25, 0.3) is 0 Å². The van der Waals surface area contributed by atoms with Gasteiger partial charge in [-0.05, 0) is 37.5 Å². The van der Waals surface area contributed by atoms with Crippen LogP contribution >= 0.6 is 0 Å². The fraction of sp³-hybridized carbons (Fsp3) is 0.350. The van der Waals surface area contributed by atoms with E-state index in [9.17, 15) is 28.4 Å². The molecule has 0 aliphatic heterocycles. The number of benzene rings is 2. The highest BCUT2D eigenvalue weighted by molar-refractivity contribution is 7.89. The molecule has 0 aliphatic carbocycles. The third kappa shape index (κ3) is 6.90. The van der Waals surface area contributed by atoms with E-state index in [0.717, 1.165) is 29.8 Å². The number of hydrogen-bond acceptors (Lipinski definition) is 6. The molecule has 1 amide bonds. The molecule has 2 aromatic carbocycles. The molecule has 162 valence electrons. The topological polar surface area (TPSA) is 139 Å². The third-order valence-electron chi connectivity index (χ3n) is 4.47. The molecule has 0 unspecified atom stereocenters. The third-order valence-corrected chi connectivity index (χ3v) is 5.91. The molecule has 2 aromatic rings. The summed E-state index contributed by atoms with van der Waals surface area (Å²) >= 11 is 0. The van der Waals surface area contributed by atoms with E-state index < -0.39 is 27.0 Å². The second-order valence-corrected chi connectivity index (χ2v) is 8.54. The number of carbonyl (C=O) groups is 1. The number of carbonyl (C=O) groups excluding carboxylic acids is 1. The average Bonchev–Trinajstić information content (AvgIpc) is 2.73. The largest absolute Gasteiger partial charge is 0.392 e. The first-order valence-corrected chi connectivity index (χ1v) is 10.9. The Morgan fingerprint density at radius 1 is 1.13 bits per heavy atom. The summed E-state index contributed by atoms with van der Waals surface area (Å²) in [6.07, 6.45) is -0.600. The van der Waals surface area contributed by atoms with Gasteiger partial charge in [0.2, 0.25) is 15.9 Å². The lowest BCUT2D eigenvalue weighted by Crippen LogP contribution is -2.38. The van der Waals surface area contributed by atoms with Gasteiger partial charge in [-0.15, -0.1) is 0 Å². The molecule has 10 heteroatoms. The quantitative estimate of drug-likeness (QED) is 0.362. The number of non-ortho nitro benzene ring substituents is 1. The average molecular weight is 436 g/mol. The van der Waals surface area contributed by atoms with Crippen molar-refractivity contribution >= 4 is 21.6 Å². The summed E-state index contributed by atoms with van der Waals surface area (Å²) in [4.78, 5) is 22.3. The molecule has 30 heavy (non-hydrogen) atoms. The molecule has 0 saturated heterocycles. The molecule has 0 radical (unpaired) electrons. The second-order valence-electron chi connectivity index (χ2n) is 6.77. The zero-order chi connectivity index (χ0) is 22.1. The van der Waals surface area contributed by atoms with Crippen LogP contribution in [-0.4, -0.2) is 43.5 Å². The van der Waals surface area contributed by atoms with Crippen molar-refractivity contribution in [2.75, 3.05) is 13.1 Å². The highest BCUT2D eigenvalue weighted by Gasteiger charge is 2.24. The van der Waals surface area contributed by atoms with Crippen LogP contribution in [0.3, 0.4) is 0 Å². The van der Waals surface area contributed by atoms with Gasteiger partial charge in [0, 0.05) is 31.1 Å². The van der Waals surface area contributed by atoms with Crippen molar-refractivity contribution in [1.29, 1.82) is 0 Å². The van der Waals surface area contributed by atoms with E-state index in [0.29, 0.717) is 13.0 Å². The molecule has 0 aromatic heterocycles. The monoisotopic (exact) mass is 435 g/mol. The van der Waals surface area contributed by atoms with Crippen LogP contribution in [-0.2, 0) is 21.2 Å². The standard InChI is InChI=1S/C20H25N3O6S/c1-2-21-20(25)16(12-15-6-4-3-5-7-15)13-18(24)14-22-30(28,29)19-10-8-17(9-11-19)23(26)27/h3-11,16,18,22,24H,2,12-14H2,1H3,(H,21,25)/t16-,18-/m0/s1. The Bertz CT molecular complexity index is 948. The Balaban J connectivity index is 2.00. The number of rotatable bonds is 11. The number of nitro benzene ring substituents is 1. The molecule has 0 fully saturated rings. The van der Waals surface area contributed by atoms with E-state index in [1.54, 1.807) is 6.92 Å².